The van der Waals surface area contributed by atoms with E-state index in [0.29, 0.717) is 24.7 Å². The molecule has 0 aromatic carbocycles. The van der Waals surface area contributed by atoms with Crippen molar-refractivity contribution in [3.05, 3.63) is 0 Å². The zero-order chi connectivity index (χ0) is 19.7. The van der Waals surface area contributed by atoms with Crippen LogP contribution in [-0.4, -0.2) is 47.0 Å². The number of nitrogens with one attached hydrogen (secondary N) is 2. The third kappa shape index (κ3) is 4.99. The largest absolute Gasteiger partial charge is 0.480 e. The van der Waals surface area contributed by atoms with Gasteiger partial charge in [0.15, 0.2) is 6.10 Å². The van der Waals surface area contributed by atoms with E-state index < -0.39 is 47.9 Å². The lowest BCUT2D eigenvalue weighted by molar-refractivity contribution is -0.192. The van der Waals surface area contributed by atoms with Crippen molar-refractivity contribution in [3.63, 3.8) is 0 Å². The average molecular weight is 380 g/mol. The van der Waals surface area contributed by atoms with Gasteiger partial charge in [0.25, 0.3) is 5.91 Å². The van der Waals surface area contributed by atoms with Gasteiger partial charge in [0, 0.05) is 0 Å². The monoisotopic (exact) mass is 380 g/mol. The van der Waals surface area contributed by atoms with Crippen molar-refractivity contribution in [2.45, 2.75) is 70.6 Å². The standard InChI is InChI=1S/C19H28N2O6/c1-9(2)14-15(27-19(14)26)17(23)20-12(7-10-3-4-10)16(22)21-13(18(24)25)8-11-5-6-11/h9-15H,3-8H2,1-2H3,(H,20,23)(H,21,22)(H,24,25)/t12-,13-,14-,15+/m0/s1. The minimum Gasteiger partial charge on any atom is -0.480 e. The van der Waals surface area contributed by atoms with E-state index in [2.05, 4.69) is 10.6 Å². The van der Waals surface area contributed by atoms with Crippen LogP contribution in [0.1, 0.15) is 52.4 Å². The van der Waals surface area contributed by atoms with Gasteiger partial charge in [-0.05, 0) is 30.6 Å². The summed E-state index contributed by atoms with van der Waals surface area (Å²) in [4.78, 5) is 48.2. The molecule has 0 radical (unpaired) electrons. The van der Waals surface area contributed by atoms with Crippen LogP contribution in [0.3, 0.4) is 0 Å². The first-order chi connectivity index (χ1) is 12.8. The van der Waals surface area contributed by atoms with Crippen LogP contribution in [0.2, 0.25) is 0 Å². The van der Waals surface area contributed by atoms with Gasteiger partial charge in [-0.25, -0.2) is 4.79 Å². The molecule has 0 aromatic heterocycles. The zero-order valence-corrected chi connectivity index (χ0v) is 15.8. The first-order valence-electron chi connectivity index (χ1n) is 9.80. The van der Waals surface area contributed by atoms with E-state index in [-0.39, 0.29) is 5.92 Å². The summed E-state index contributed by atoms with van der Waals surface area (Å²) in [5, 5.41) is 14.6. The number of carbonyl (C=O) groups excluding carboxylic acids is 3. The Bertz CT molecular complexity index is 626. The van der Waals surface area contributed by atoms with E-state index in [9.17, 15) is 24.3 Å². The lowest BCUT2D eigenvalue weighted by Crippen LogP contribution is -2.60. The molecule has 4 atom stereocenters. The number of aliphatic carboxylic acids is 1. The predicted octanol–water partition coefficient (Wildman–Crippen LogP) is 0.838. The number of carboxylic acid groups (broad SMARTS) is 1. The number of amides is 2. The third-order valence-corrected chi connectivity index (χ3v) is 5.60. The van der Waals surface area contributed by atoms with Gasteiger partial charge in [0.1, 0.15) is 18.0 Å². The predicted molar refractivity (Wildman–Crippen MR) is 94.4 cm³/mol. The van der Waals surface area contributed by atoms with Crippen molar-refractivity contribution in [1.29, 1.82) is 0 Å². The van der Waals surface area contributed by atoms with E-state index in [1.165, 1.54) is 0 Å². The average Bonchev–Trinajstić information content (AvgIpc) is 3.45. The number of hydrogen-bond donors (Lipinski definition) is 3. The van der Waals surface area contributed by atoms with Gasteiger partial charge in [-0.2, -0.15) is 0 Å². The van der Waals surface area contributed by atoms with Crippen LogP contribution in [0.5, 0.6) is 0 Å². The van der Waals surface area contributed by atoms with Crippen molar-refractivity contribution in [2.75, 3.05) is 0 Å². The topological polar surface area (TPSA) is 122 Å². The van der Waals surface area contributed by atoms with Crippen molar-refractivity contribution < 1.29 is 29.0 Å². The van der Waals surface area contributed by atoms with Crippen LogP contribution in [-0.2, 0) is 23.9 Å². The molecule has 1 heterocycles. The van der Waals surface area contributed by atoms with Crippen LogP contribution in [0, 0.1) is 23.7 Å². The molecule has 0 aromatic rings. The van der Waals surface area contributed by atoms with E-state index in [1.54, 1.807) is 0 Å². The molecule has 0 spiro atoms. The molecule has 0 bridgehead atoms. The fourth-order valence-corrected chi connectivity index (χ4v) is 3.52. The fraction of sp³-hybridized carbons (Fsp3) is 0.789. The lowest BCUT2D eigenvalue weighted by Gasteiger charge is -2.37. The summed E-state index contributed by atoms with van der Waals surface area (Å²) in [6.07, 6.45) is 3.99. The molecule has 8 nitrogen and oxygen atoms in total. The highest BCUT2D eigenvalue weighted by Gasteiger charge is 2.49. The highest BCUT2D eigenvalue weighted by Crippen LogP contribution is 2.35. The molecule has 27 heavy (non-hydrogen) atoms. The second-order valence-electron chi connectivity index (χ2n) is 8.45. The summed E-state index contributed by atoms with van der Waals surface area (Å²) in [7, 11) is 0. The van der Waals surface area contributed by atoms with E-state index >= 15 is 0 Å². The molecule has 3 fully saturated rings. The minimum absolute atomic E-state index is 0.0346. The molecular weight excluding hydrogens is 352 g/mol. The lowest BCUT2D eigenvalue weighted by atomic mass is 9.85. The molecule has 0 unspecified atom stereocenters. The number of carbonyl (C=O) groups is 4. The first-order valence-corrected chi connectivity index (χ1v) is 9.80. The van der Waals surface area contributed by atoms with Gasteiger partial charge in [-0.1, -0.05) is 39.5 Å². The molecule has 2 aliphatic carbocycles. The normalized spacial score (nSPS) is 26.6. The molecule has 3 N–H and O–H groups in total. The Morgan fingerprint density at radius 3 is 2.04 bits per heavy atom. The quantitative estimate of drug-likeness (QED) is 0.483. The fourth-order valence-electron chi connectivity index (χ4n) is 3.52. The summed E-state index contributed by atoms with van der Waals surface area (Å²) >= 11 is 0. The Morgan fingerprint density at radius 2 is 1.59 bits per heavy atom. The molecule has 150 valence electrons. The second-order valence-corrected chi connectivity index (χ2v) is 8.45. The summed E-state index contributed by atoms with van der Waals surface area (Å²) in [6.45, 7) is 3.68. The molecule has 3 rings (SSSR count). The Morgan fingerprint density at radius 1 is 1.04 bits per heavy atom. The Labute approximate surface area is 158 Å². The number of rotatable bonds is 10. The van der Waals surface area contributed by atoms with Crippen LogP contribution < -0.4 is 10.6 Å². The Hall–Kier alpha value is -2.12. The number of hydrogen-bond acceptors (Lipinski definition) is 5. The molecule has 1 aliphatic heterocycles. The third-order valence-electron chi connectivity index (χ3n) is 5.60. The molecule has 1 saturated heterocycles. The van der Waals surface area contributed by atoms with Gasteiger partial charge in [0.05, 0.1) is 0 Å². The van der Waals surface area contributed by atoms with Crippen molar-refractivity contribution >= 4 is 23.8 Å². The molecular formula is C19H28N2O6. The smallest absolute Gasteiger partial charge is 0.326 e. The van der Waals surface area contributed by atoms with Crippen molar-refractivity contribution in [2.24, 2.45) is 23.7 Å². The molecule has 8 heteroatoms. The zero-order valence-electron chi connectivity index (χ0n) is 15.8. The number of cyclic esters (lactones) is 1. The van der Waals surface area contributed by atoms with E-state index in [4.69, 9.17) is 4.74 Å². The summed E-state index contributed by atoms with van der Waals surface area (Å²) in [5.41, 5.74) is 0. The van der Waals surface area contributed by atoms with E-state index in [1.807, 2.05) is 13.8 Å². The van der Waals surface area contributed by atoms with Gasteiger partial charge in [-0.15, -0.1) is 0 Å². The van der Waals surface area contributed by atoms with Gasteiger partial charge in [0.2, 0.25) is 5.91 Å². The summed E-state index contributed by atoms with van der Waals surface area (Å²) in [5.74, 6) is -2.24. The van der Waals surface area contributed by atoms with Crippen LogP contribution in [0.4, 0.5) is 0 Å². The minimum atomic E-state index is -1.06. The highest BCUT2D eigenvalue weighted by atomic mass is 16.6. The van der Waals surface area contributed by atoms with E-state index in [0.717, 1.165) is 25.7 Å². The molecule has 3 aliphatic rings. The number of esters is 1. The van der Waals surface area contributed by atoms with Crippen LogP contribution >= 0.6 is 0 Å². The SMILES string of the molecule is CC(C)[C@@H]1C(=O)O[C@H]1C(=O)N[C@@H](CC1CC1)C(=O)N[C@@H](CC1CC1)C(=O)O. The maximum Gasteiger partial charge on any atom is 0.326 e. The highest BCUT2D eigenvalue weighted by molar-refractivity contribution is 5.97. The first kappa shape index (κ1) is 19.6. The van der Waals surface area contributed by atoms with Crippen LogP contribution in [0.25, 0.3) is 0 Å². The second kappa shape index (κ2) is 7.86. The number of carboxylic acids is 1. The van der Waals surface area contributed by atoms with Gasteiger partial charge >= 0.3 is 11.9 Å². The summed E-state index contributed by atoms with van der Waals surface area (Å²) < 4.78 is 4.98. The van der Waals surface area contributed by atoms with Gasteiger partial charge < -0.3 is 20.5 Å². The Balaban J connectivity index is 1.60. The van der Waals surface area contributed by atoms with Gasteiger partial charge in [-0.3, -0.25) is 14.4 Å². The Kier molecular flexibility index (Phi) is 5.72. The molecule has 2 saturated carbocycles. The number of ether oxygens (including phenoxy) is 1. The molecule has 2 amide bonds. The van der Waals surface area contributed by atoms with Crippen molar-refractivity contribution in [3.8, 4) is 0 Å². The van der Waals surface area contributed by atoms with Crippen molar-refractivity contribution in [1.82, 2.24) is 10.6 Å². The maximum atomic E-state index is 12.7. The van der Waals surface area contributed by atoms with Crippen LogP contribution in [0.15, 0.2) is 0 Å². The maximum absolute atomic E-state index is 12.7. The summed E-state index contributed by atoms with van der Waals surface area (Å²) in [6, 6.07) is -1.74.